The summed E-state index contributed by atoms with van der Waals surface area (Å²) in [7, 11) is 0. The van der Waals surface area contributed by atoms with E-state index in [9.17, 15) is 0 Å². The molecule has 0 fully saturated rings. The van der Waals surface area contributed by atoms with Crippen LogP contribution in [0.1, 0.15) is 0 Å². The van der Waals surface area contributed by atoms with Crippen LogP contribution < -0.4 is 52.4 Å². The molecule has 4 nitrogen and oxygen atoms in total. The minimum absolute atomic E-state index is 0.143. The van der Waals surface area contributed by atoms with Crippen molar-refractivity contribution < 1.29 is 0 Å². The fraction of sp³-hybridized carbons (Fsp3) is 0. The Labute approximate surface area is 595 Å². The summed E-state index contributed by atoms with van der Waals surface area (Å²) in [5.74, 6) is 0. The summed E-state index contributed by atoms with van der Waals surface area (Å²) in [6.07, 6.45) is 0. The third-order valence-corrected chi connectivity index (χ3v) is 24.1. The molecule has 0 aliphatic carbocycles. The van der Waals surface area contributed by atoms with Crippen molar-refractivity contribution >= 4 is 129 Å². The number of benzene rings is 15. The second kappa shape index (κ2) is 23.1. The van der Waals surface area contributed by atoms with Crippen molar-refractivity contribution in [1.29, 1.82) is 0 Å². The molecule has 7 heteroatoms. The van der Waals surface area contributed by atoms with Gasteiger partial charge >= 0.3 is 502 Å². The summed E-state index contributed by atoms with van der Waals surface area (Å²) in [6, 6.07) is 137. The van der Waals surface area contributed by atoms with Gasteiger partial charge in [-0.25, -0.2) is 0 Å². The Morgan fingerprint density at radius 3 is 0.871 bits per heavy atom. The summed E-state index contributed by atoms with van der Waals surface area (Å²) in [6.45, 7) is -0.297. The van der Waals surface area contributed by atoms with Crippen LogP contribution in [0.2, 0.25) is 0 Å². The van der Waals surface area contributed by atoms with E-state index in [0.717, 1.165) is 11.4 Å². The van der Waals surface area contributed by atoms with E-state index in [1.54, 1.807) is 0 Å². The average Bonchev–Trinajstić information content (AvgIpc) is 1.63. The minimum Gasteiger partial charge on any atom is -0.0617 e. The first-order valence-electron chi connectivity index (χ1n) is 34.9. The molecule has 5 aliphatic heterocycles. The number of anilines is 12. The molecule has 0 bridgehead atoms. The van der Waals surface area contributed by atoms with Gasteiger partial charge < -0.3 is 0 Å². The number of hydrogen-bond donors (Lipinski definition) is 0. The Bertz CT molecular complexity index is 5860. The Kier molecular flexibility index (Phi) is 13.2. The molecular weight excluding hydrogens is 1290 g/mol. The summed E-state index contributed by atoms with van der Waals surface area (Å²) in [4.78, 5) is 10.8. The van der Waals surface area contributed by atoms with Gasteiger partial charge in [-0.05, 0) is 0 Å². The van der Waals surface area contributed by atoms with Crippen LogP contribution in [0.5, 0.6) is 0 Å². The van der Waals surface area contributed by atoms with Crippen LogP contribution in [-0.2, 0) is 0 Å². The summed E-state index contributed by atoms with van der Waals surface area (Å²) >= 11 is -0.153. The Hall–Kier alpha value is -12.4. The van der Waals surface area contributed by atoms with Gasteiger partial charge in [-0.2, -0.15) is 0 Å². The monoisotopic (exact) mass is 1350 g/mol. The van der Waals surface area contributed by atoms with Crippen molar-refractivity contribution in [3.8, 4) is 86.8 Å². The maximum atomic E-state index is 2.78. The van der Waals surface area contributed by atoms with Crippen LogP contribution in [0.15, 0.2) is 364 Å². The van der Waals surface area contributed by atoms with Crippen molar-refractivity contribution in [3.05, 3.63) is 364 Å². The molecule has 6 heterocycles. The fourth-order valence-corrected chi connectivity index (χ4v) is 19.8. The van der Waals surface area contributed by atoms with Gasteiger partial charge in [0.1, 0.15) is 0 Å². The van der Waals surface area contributed by atoms with Gasteiger partial charge in [0.25, 0.3) is 0 Å². The maximum absolute atomic E-state index is 2.78. The second-order valence-electron chi connectivity index (χ2n) is 27.0. The topological polar surface area (TPSA) is 13.0 Å². The average molecular weight is 1350 g/mol. The fourth-order valence-electron chi connectivity index (χ4n) is 17.1. The van der Waals surface area contributed by atoms with Crippen molar-refractivity contribution in [1.82, 2.24) is 0 Å². The van der Waals surface area contributed by atoms with E-state index in [1.165, 1.54) is 176 Å². The van der Waals surface area contributed by atoms with Crippen molar-refractivity contribution in [2.75, 3.05) is 19.6 Å². The number of fused-ring (bicyclic) bond motifs is 11. The molecule has 101 heavy (non-hydrogen) atoms. The van der Waals surface area contributed by atoms with E-state index in [-0.39, 0.29) is 27.9 Å². The van der Waals surface area contributed by atoms with Crippen molar-refractivity contribution in [2.45, 2.75) is 0 Å². The number of hydrogen-bond acceptors (Lipinski definition) is 4. The van der Waals surface area contributed by atoms with Crippen LogP contribution in [-0.4, -0.2) is 27.9 Å². The van der Waals surface area contributed by atoms with Gasteiger partial charge in [-0.3, -0.25) is 0 Å². The summed E-state index contributed by atoms with van der Waals surface area (Å²) < 4.78 is 2.73. The SMILES string of the molecule is c1ccc(-c2cc(-c3ccccc3)cc(N3c4ccc(-c5ccccc5)cc4B4c5ccc6c7c5N(c5cccc3c54)c3c(-c4ccccc4)[se]c(-c4ccccc4)c3N7c3cccc4c3B6c3ccc(-c5ccccc5)cc3N4c3cc(-c4ccccc4)cc(-c4ccccc4)c3)c2)cc1. The molecule has 21 rings (SSSR count). The molecule has 0 spiro atoms. The van der Waals surface area contributed by atoms with Gasteiger partial charge in [-0.15, -0.1) is 0 Å². The molecule has 1 aromatic heterocycles. The zero-order chi connectivity index (χ0) is 66.2. The minimum atomic E-state index is -0.154. The predicted molar refractivity (Wildman–Crippen MR) is 428 cm³/mol. The van der Waals surface area contributed by atoms with E-state index < -0.39 is 0 Å². The van der Waals surface area contributed by atoms with E-state index >= 15 is 0 Å². The molecule has 16 aromatic rings. The molecule has 468 valence electrons. The standard InChI is InChI=1S/C94H60B2N4Se/c1-9-27-61(28-10-1)69-48-52-81-80(59-69)96-79-51-50-78-89-90(79)100(85-46-25-43-82(88(85)96)97(81)75-55-71(63-31-13-3-14-32-63)53-72(56-75)64-33-15-4-16-34-64)92-91(93(67-39-21-7-22-40-67)101-94(92)68-41-23-8-24-42-68)99(89)84-45-26-44-83-87(84)95(78)77-49-47-70(62-29-11-2-12-30-62)60-86(77)98(83)76-57-73(65-35-17-5-18-36-65)54-74(58-76)66-37-19-6-20-38-66/h1-60H. The van der Waals surface area contributed by atoms with E-state index in [4.69, 9.17) is 0 Å². The molecule has 0 N–H and O–H groups in total. The van der Waals surface area contributed by atoms with Crippen LogP contribution in [0, 0.1) is 0 Å². The zero-order valence-electron chi connectivity index (χ0n) is 55.0. The Morgan fingerprint density at radius 1 is 0.178 bits per heavy atom. The molecule has 15 aromatic carbocycles. The Morgan fingerprint density at radius 2 is 0.485 bits per heavy atom. The molecule has 5 aliphatic rings. The first kappa shape index (κ1) is 57.7. The van der Waals surface area contributed by atoms with Gasteiger partial charge in [-0.1, -0.05) is 97.1 Å². The van der Waals surface area contributed by atoms with Gasteiger partial charge in [0.05, 0.1) is 0 Å². The Balaban J connectivity index is 0.867. The van der Waals surface area contributed by atoms with Gasteiger partial charge in [0.15, 0.2) is 0 Å². The molecule has 0 unspecified atom stereocenters. The van der Waals surface area contributed by atoms with Crippen LogP contribution in [0.25, 0.3) is 86.8 Å². The summed E-state index contributed by atoms with van der Waals surface area (Å²) in [5.41, 5.74) is 38.7. The third kappa shape index (κ3) is 9.04. The van der Waals surface area contributed by atoms with Crippen LogP contribution in [0.4, 0.5) is 68.2 Å². The van der Waals surface area contributed by atoms with Crippen LogP contribution >= 0.6 is 0 Å². The molecule has 0 saturated carbocycles. The van der Waals surface area contributed by atoms with E-state index in [2.05, 4.69) is 384 Å². The molecule has 0 radical (unpaired) electrons. The van der Waals surface area contributed by atoms with Gasteiger partial charge in [0, 0.05) is 0 Å². The first-order valence-corrected chi connectivity index (χ1v) is 36.7. The zero-order valence-corrected chi connectivity index (χ0v) is 56.7. The summed E-state index contributed by atoms with van der Waals surface area (Å²) in [5, 5.41) is 0. The first-order chi connectivity index (χ1) is 50.1. The smallest absolute Gasteiger partial charge is 0.0617 e. The number of rotatable bonds is 10. The third-order valence-electron chi connectivity index (χ3n) is 21.5. The molecule has 0 saturated heterocycles. The normalized spacial score (nSPS) is 13.0. The van der Waals surface area contributed by atoms with Crippen LogP contribution in [0.3, 0.4) is 0 Å². The molecular formula is C94H60B2N4Se. The molecule has 0 amide bonds. The predicted octanol–water partition coefficient (Wildman–Crippen LogP) is 20.6. The van der Waals surface area contributed by atoms with E-state index in [0.29, 0.717) is 0 Å². The quantitative estimate of drug-likeness (QED) is 0.127. The van der Waals surface area contributed by atoms with Crippen molar-refractivity contribution in [3.63, 3.8) is 0 Å². The van der Waals surface area contributed by atoms with Gasteiger partial charge in [0.2, 0.25) is 0 Å². The number of nitrogens with zero attached hydrogens (tertiary/aromatic N) is 4. The molecule has 0 atom stereocenters. The second-order valence-corrected chi connectivity index (χ2v) is 29.2. The van der Waals surface area contributed by atoms with Crippen molar-refractivity contribution in [2.24, 2.45) is 0 Å². The van der Waals surface area contributed by atoms with E-state index in [1.807, 2.05) is 0 Å².